The third-order valence-electron chi connectivity index (χ3n) is 3.35. The third-order valence-corrected chi connectivity index (χ3v) is 5.22. The standard InChI is InChI=1S/C13H19FN2O2S/c1-10-8-12(9-11(2)13(10)14)19(17,18)16-6-3-4-15-5-7-16/h8-9,15H,3-7H2,1-2H3. The second-order valence-corrected chi connectivity index (χ2v) is 6.82. The van der Waals surface area contributed by atoms with Gasteiger partial charge in [-0.2, -0.15) is 4.31 Å². The molecule has 1 aromatic carbocycles. The maximum absolute atomic E-state index is 13.6. The zero-order valence-electron chi connectivity index (χ0n) is 11.2. The fraction of sp³-hybridized carbons (Fsp3) is 0.538. The number of hydrogen-bond acceptors (Lipinski definition) is 3. The summed E-state index contributed by atoms with van der Waals surface area (Å²) in [6.45, 7) is 5.62. The average Bonchev–Trinajstić information content (AvgIpc) is 2.64. The summed E-state index contributed by atoms with van der Waals surface area (Å²) >= 11 is 0. The molecular formula is C13H19FN2O2S. The Balaban J connectivity index is 2.38. The number of hydrogen-bond donors (Lipinski definition) is 1. The smallest absolute Gasteiger partial charge is 0.243 e. The van der Waals surface area contributed by atoms with Crippen molar-refractivity contribution in [2.24, 2.45) is 0 Å². The minimum Gasteiger partial charge on any atom is -0.315 e. The van der Waals surface area contributed by atoms with E-state index in [1.807, 2.05) is 0 Å². The summed E-state index contributed by atoms with van der Waals surface area (Å²) in [6, 6.07) is 2.83. The lowest BCUT2D eigenvalue weighted by molar-refractivity contribution is 0.431. The third kappa shape index (κ3) is 2.96. The molecule has 0 aromatic heterocycles. The maximum atomic E-state index is 13.6. The molecule has 0 aliphatic carbocycles. The Morgan fingerprint density at radius 3 is 2.42 bits per heavy atom. The van der Waals surface area contributed by atoms with Gasteiger partial charge in [-0.25, -0.2) is 12.8 Å². The molecular weight excluding hydrogens is 267 g/mol. The predicted octanol–water partition coefficient (Wildman–Crippen LogP) is 1.43. The van der Waals surface area contributed by atoms with Crippen LogP contribution in [0.4, 0.5) is 4.39 Å². The number of rotatable bonds is 2. The predicted molar refractivity (Wildman–Crippen MR) is 72.1 cm³/mol. The largest absolute Gasteiger partial charge is 0.315 e. The van der Waals surface area contributed by atoms with Gasteiger partial charge in [0.25, 0.3) is 0 Å². The van der Waals surface area contributed by atoms with Crippen molar-refractivity contribution in [3.8, 4) is 0 Å². The maximum Gasteiger partial charge on any atom is 0.243 e. The van der Waals surface area contributed by atoms with Crippen molar-refractivity contribution in [3.05, 3.63) is 29.1 Å². The van der Waals surface area contributed by atoms with Crippen LogP contribution in [-0.4, -0.2) is 38.9 Å². The van der Waals surface area contributed by atoms with E-state index >= 15 is 0 Å². The first-order valence-electron chi connectivity index (χ1n) is 6.40. The monoisotopic (exact) mass is 286 g/mol. The number of halogens is 1. The molecule has 1 aromatic rings. The van der Waals surface area contributed by atoms with Crippen molar-refractivity contribution in [1.82, 2.24) is 9.62 Å². The van der Waals surface area contributed by atoms with Crippen molar-refractivity contribution in [1.29, 1.82) is 0 Å². The topological polar surface area (TPSA) is 49.4 Å². The van der Waals surface area contributed by atoms with Gasteiger partial charge in [0.2, 0.25) is 10.0 Å². The van der Waals surface area contributed by atoms with Crippen LogP contribution < -0.4 is 5.32 Å². The van der Waals surface area contributed by atoms with Crippen LogP contribution in [-0.2, 0) is 10.0 Å². The highest BCUT2D eigenvalue weighted by Gasteiger charge is 2.26. The van der Waals surface area contributed by atoms with E-state index in [1.54, 1.807) is 13.8 Å². The fourth-order valence-corrected chi connectivity index (χ4v) is 3.92. The van der Waals surface area contributed by atoms with Gasteiger partial charge in [-0.15, -0.1) is 0 Å². The van der Waals surface area contributed by atoms with Crippen LogP contribution in [0.15, 0.2) is 17.0 Å². The Bertz CT molecular complexity index is 541. The molecule has 1 N–H and O–H groups in total. The van der Waals surface area contributed by atoms with Crippen molar-refractivity contribution >= 4 is 10.0 Å². The van der Waals surface area contributed by atoms with Crippen molar-refractivity contribution in [2.45, 2.75) is 25.2 Å². The highest BCUT2D eigenvalue weighted by molar-refractivity contribution is 7.89. The molecule has 1 aliphatic heterocycles. The molecule has 0 atom stereocenters. The normalized spacial score (nSPS) is 18.3. The molecule has 6 heteroatoms. The molecule has 0 unspecified atom stereocenters. The van der Waals surface area contributed by atoms with Crippen LogP contribution in [0, 0.1) is 19.7 Å². The number of aryl methyl sites for hydroxylation is 2. The van der Waals surface area contributed by atoms with Crippen LogP contribution in [0.1, 0.15) is 17.5 Å². The molecule has 1 aliphatic rings. The molecule has 1 heterocycles. The zero-order chi connectivity index (χ0) is 14.0. The molecule has 4 nitrogen and oxygen atoms in total. The van der Waals surface area contributed by atoms with Crippen LogP contribution in [0.2, 0.25) is 0 Å². The minimum absolute atomic E-state index is 0.186. The Kier molecular flexibility index (Phi) is 4.23. The first-order valence-corrected chi connectivity index (χ1v) is 7.84. The Morgan fingerprint density at radius 2 is 1.79 bits per heavy atom. The van der Waals surface area contributed by atoms with E-state index in [0.29, 0.717) is 30.8 Å². The van der Waals surface area contributed by atoms with Gasteiger partial charge >= 0.3 is 0 Å². The summed E-state index contributed by atoms with van der Waals surface area (Å²) in [6.07, 6.45) is 0.790. The summed E-state index contributed by atoms with van der Waals surface area (Å²) in [4.78, 5) is 0.186. The fourth-order valence-electron chi connectivity index (χ4n) is 2.27. The van der Waals surface area contributed by atoms with Gasteiger partial charge in [-0.05, 0) is 50.1 Å². The van der Waals surface area contributed by atoms with E-state index in [4.69, 9.17) is 0 Å². The number of sulfonamides is 1. The molecule has 0 spiro atoms. The zero-order valence-corrected chi connectivity index (χ0v) is 12.1. The van der Waals surface area contributed by atoms with Crippen LogP contribution >= 0.6 is 0 Å². The Labute approximate surface area is 113 Å². The van der Waals surface area contributed by atoms with Crippen LogP contribution in [0.25, 0.3) is 0 Å². The molecule has 0 bridgehead atoms. The van der Waals surface area contributed by atoms with E-state index in [9.17, 15) is 12.8 Å². The molecule has 1 saturated heterocycles. The highest BCUT2D eigenvalue weighted by atomic mass is 32.2. The van der Waals surface area contributed by atoms with E-state index in [0.717, 1.165) is 13.0 Å². The van der Waals surface area contributed by atoms with Crippen molar-refractivity contribution < 1.29 is 12.8 Å². The van der Waals surface area contributed by atoms with Gasteiger partial charge in [0, 0.05) is 19.6 Å². The van der Waals surface area contributed by atoms with Crippen molar-refractivity contribution in [3.63, 3.8) is 0 Å². The second-order valence-electron chi connectivity index (χ2n) is 4.88. The molecule has 0 amide bonds. The summed E-state index contributed by atoms with van der Waals surface area (Å²) in [5, 5.41) is 3.17. The molecule has 0 radical (unpaired) electrons. The lowest BCUT2D eigenvalue weighted by Gasteiger charge is -2.20. The molecule has 2 rings (SSSR count). The lowest BCUT2D eigenvalue weighted by atomic mass is 10.1. The molecule has 1 fully saturated rings. The van der Waals surface area contributed by atoms with Crippen LogP contribution in [0.5, 0.6) is 0 Å². The summed E-state index contributed by atoms with van der Waals surface area (Å²) in [7, 11) is -3.52. The van der Waals surface area contributed by atoms with Gasteiger partial charge in [0.15, 0.2) is 0 Å². The molecule has 19 heavy (non-hydrogen) atoms. The van der Waals surface area contributed by atoms with Gasteiger partial charge in [0.1, 0.15) is 5.82 Å². The number of benzene rings is 1. The van der Waals surface area contributed by atoms with E-state index in [-0.39, 0.29) is 10.7 Å². The first kappa shape index (κ1) is 14.4. The summed E-state index contributed by atoms with van der Waals surface area (Å²) in [5.74, 6) is -0.337. The van der Waals surface area contributed by atoms with Gasteiger partial charge in [0.05, 0.1) is 4.90 Å². The number of nitrogens with one attached hydrogen (secondary N) is 1. The SMILES string of the molecule is Cc1cc(S(=O)(=O)N2CCCNCC2)cc(C)c1F. The van der Waals surface area contributed by atoms with Gasteiger partial charge < -0.3 is 5.32 Å². The second kappa shape index (κ2) is 5.56. The lowest BCUT2D eigenvalue weighted by Crippen LogP contribution is -2.34. The average molecular weight is 286 g/mol. The van der Waals surface area contributed by atoms with Crippen LogP contribution in [0.3, 0.4) is 0 Å². The molecule has 0 saturated carbocycles. The Hall–Kier alpha value is -0.980. The highest BCUT2D eigenvalue weighted by Crippen LogP contribution is 2.22. The van der Waals surface area contributed by atoms with Crippen molar-refractivity contribution in [2.75, 3.05) is 26.2 Å². The van der Waals surface area contributed by atoms with E-state index in [1.165, 1.54) is 16.4 Å². The number of nitrogens with zero attached hydrogens (tertiary/aromatic N) is 1. The van der Waals surface area contributed by atoms with E-state index < -0.39 is 10.0 Å². The Morgan fingerprint density at radius 1 is 1.16 bits per heavy atom. The quantitative estimate of drug-likeness (QED) is 0.894. The van der Waals surface area contributed by atoms with E-state index in [2.05, 4.69) is 5.32 Å². The first-order chi connectivity index (χ1) is 8.93. The summed E-state index contributed by atoms with van der Waals surface area (Å²) in [5.41, 5.74) is 0.734. The minimum atomic E-state index is -3.52. The summed E-state index contributed by atoms with van der Waals surface area (Å²) < 4.78 is 40.1. The van der Waals surface area contributed by atoms with Gasteiger partial charge in [-0.1, -0.05) is 0 Å². The van der Waals surface area contributed by atoms with Gasteiger partial charge in [-0.3, -0.25) is 0 Å². The molecule has 106 valence electrons.